The van der Waals surface area contributed by atoms with Crippen molar-refractivity contribution in [3.05, 3.63) is 219 Å². The molecule has 0 N–H and O–H groups in total. The maximum absolute atomic E-state index is 14.3. The highest BCUT2D eigenvalue weighted by Crippen LogP contribution is 2.46. The SMILES string of the molecule is COc1ccc2c(c1)C(=O)N(c1cccc(N3C(=O)c4ccc(Oc5cc(C(C)(C)C)c(Oc6ccc7c(c6)C(=O)N(c6cccc(N8C(=O)c9ccc(Oc%10cccc(C)c%10)cc9C8=O)c6)C7=O)cc5C(C)(C)C)cc4C3=O)c1)C2=O. The van der Waals surface area contributed by atoms with Gasteiger partial charge in [0.25, 0.3) is 47.3 Å². The summed E-state index contributed by atoms with van der Waals surface area (Å²) in [5.74, 6) is -1.91. The molecule has 8 amide bonds. The van der Waals surface area contributed by atoms with Crippen LogP contribution < -0.4 is 38.5 Å². The van der Waals surface area contributed by atoms with Gasteiger partial charge in [0.05, 0.1) is 74.4 Å². The topological polar surface area (TPSA) is 186 Å². The second-order valence-electron chi connectivity index (χ2n) is 22.3. The smallest absolute Gasteiger partial charge is 0.266 e. The number of amides is 8. The summed E-state index contributed by atoms with van der Waals surface area (Å²) < 4.78 is 24.6. The zero-order valence-electron chi connectivity index (χ0n) is 45.7. The molecular formula is C66H50N4O12. The van der Waals surface area contributed by atoms with E-state index in [0.717, 1.165) is 36.3 Å². The highest BCUT2D eigenvalue weighted by Gasteiger charge is 2.43. The molecule has 0 unspecified atom stereocenters. The van der Waals surface area contributed by atoms with E-state index in [1.165, 1.54) is 67.8 Å². The molecule has 0 aromatic heterocycles. The van der Waals surface area contributed by atoms with Crippen molar-refractivity contribution >= 4 is 70.0 Å². The second kappa shape index (κ2) is 19.1. The van der Waals surface area contributed by atoms with Crippen LogP contribution in [-0.2, 0) is 10.8 Å². The lowest BCUT2D eigenvalue weighted by molar-refractivity contribution is 0.0908. The van der Waals surface area contributed by atoms with Gasteiger partial charge in [-0.15, -0.1) is 0 Å². The van der Waals surface area contributed by atoms with Crippen LogP contribution in [0.15, 0.2) is 158 Å². The van der Waals surface area contributed by atoms with Gasteiger partial charge in [0.2, 0.25) is 0 Å². The third-order valence-electron chi connectivity index (χ3n) is 14.7. The van der Waals surface area contributed by atoms with Gasteiger partial charge in [-0.25, -0.2) is 19.6 Å². The lowest BCUT2D eigenvalue weighted by Gasteiger charge is -2.29. The molecular weight excluding hydrogens is 1040 g/mol. The molecule has 4 aliphatic rings. The fourth-order valence-corrected chi connectivity index (χ4v) is 10.6. The minimum Gasteiger partial charge on any atom is -0.497 e. The molecule has 8 aromatic rings. The summed E-state index contributed by atoms with van der Waals surface area (Å²) in [7, 11) is 1.46. The Bertz CT molecular complexity index is 4200. The Morgan fingerprint density at radius 3 is 0.927 bits per heavy atom. The number of ether oxygens (including phenoxy) is 4. The Morgan fingerprint density at radius 2 is 0.598 bits per heavy atom. The molecule has 0 fully saturated rings. The molecule has 0 aliphatic carbocycles. The Morgan fingerprint density at radius 1 is 0.305 bits per heavy atom. The number of fused-ring (bicyclic) bond motifs is 4. The van der Waals surface area contributed by atoms with Crippen LogP contribution >= 0.6 is 0 Å². The van der Waals surface area contributed by atoms with Crippen molar-refractivity contribution in [2.24, 2.45) is 0 Å². The van der Waals surface area contributed by atoms with Gasteiger partial charge in [0.15, 0.2) is 0 Å². The molecule has 0 atom stereocenters. The van der Waals surface area contributed by atoms with E-state index in [-0.39, 0.29) is 78.8 Å². The van der Waals surface area contributed by atoms with Crippen molar-refractivity contribution in [3.63, 3.8) is 0 Å². The summed E-state index contributed by atoms with van der Waals surface area (Å²) in [5.41, 5.74) is 3.13. The van der Waals surface area contributed by atoms with E-state index in [1.807, 2.05) is 78.8 Å². The molecule has 0 bridgehead atoms. The molecule has 16 heteroatoms. The fraction of sp³-hybridized carbons (Fsp3) is 0.152. The van der Waals surface area contributed by atoms with Crippen LogP contribution in [0.25, 0.3) is 0 Å². The fourth-order valence-electron chi connectivity index (χ4n) is 10.6. The minimum atomic E-state index is -0.632. The first-order chi connectivity index (χ1) is 39.1. The highest BCUT2D eigenvalue weighted by molar-refractivity contribution is 6.38. The second-order valence-corrected chi connectivity index (χ2v) is 22.3. The average Bonchev–Trinajstić information content (AvgIpc) is 4.16. The number of aryl methyl sites for hydroxylation is 1. The molecule has 12 rings (SSSR count). The van der Waals surface area contributed by atoms with Crippen molar-refractivity contribution < 1.29 is 57.3 Å². The van der Waals surface area contributed by atoms with Gasteiger partial charge in [-0.3, -0.25) is 38.4 Å². The van der Waals surface area contributed by atoms with Crippen LogP contribution in [0, 0.1) is 6.92 Å². The number of imide groups is 4. The van der Waals surface area contributed by atoms with E-state index in [4.69, 9.17) is 18.9 Å². The third-order valence-corrected chi connectivity index (χ3v) is 14.7. The van der Waals surface area contributed by atoms with E-state index in [1.54, 1.807) is 66.7 Å². The number of benzene rings is 8. The number of hydrogen-bond acceptors (Lipinski definition) is 12. The van der Waals surface area contributed by atoms with Gasteiger partial charge in [-0.2, -0.15) is 0 Å². The lowest BCUT2D eigenvalue weighted by atomic mass is 9.81. The Labute approximate surface area is 470 Å². The summed E-state index contributed by atoms with van der Waals surface area (Å²) in [6.45, 7) is 13.9. The quantitative estimate of drug-likeness (QED) is 0.112. The van der Waals surface area contributed by atoms with E-state index in [2.05, 4.69) is 0 Å². The molecule has 4 aliphatic heterocycles. The lowest BCUT2D eigenvalue weighted by Crippen LogP contribution is -2.31. The van der Waals surface area contributed by atoms with Gasteiger partial charge in [-0.1, -0.05) is 65.8 Å². The number of carbonyl (C=O) groups excluding carboxylic acids is 8. The maximum atomic E-state index is 14.3. The van der Waals surface area contributed by atoms with E-state index in [9.17, 15) is 38.4 Å². The number of carbonyl (C=O) groups is 8. The first-order valence-electron chi connectivity index (χ1n) is 26.2. The Hall–Kier alpha value is -10.5. The normalized spacial score (nSPS) is 14.7. The monoisotopic (exact) mass is 1090 g/mol. The molecule has 16 nitrogen and oxygen atoms in total. The van der Waals surface area contributed by atoms with Gasteiger partial charge in [0, 0.05) is 11.1 Å². The van der Waals surface area contributed by atoms with Crippen molar-refractivity contribution in [1.29, 1.82) is 0 Å². The summed E-state index contributed by atoms with van der Waals surface area (Å²) in [5, 5.41) is 0. The summed E-state index contributed by atoms with van der Waals surface area (Å²) in [4.78, 5) is 115. The van der Waals surface area contributed by atoms with Crippen LogP contribution in [0.3, 0.4) is 0 Å². The van der Waals surface area contributed by atoms with Crippen molar-refractivity contribution in [3.8, 4) is 40.2 Å². The van der Waals surface area contributed by atoms with Crippen LogP contribution in [0.2, 0.25) is 0 Å². The number of anilines is 4. The summed E-state index contributed by atoms with van der Waals surface area (Å²) in [6.07, 6.45) is 0. The number of rotatable bonds is 11. The molecule has 406 valence electrons. The van der Waals surface area contributed by atoms with Crippen molar-refractivity contribution in [2.75, 3.05) is 26.7 Å². The molecule has 0 spiro atoms. The summed E-state index contributed by atoms with van der Waals surface area (Å²) in [6, 6.07) is 42.0. The zero-order chi connectivity index (χ0) is 57.8. The third kappa shape index (κ3) is 8.72. The average molecular weight is 1090 g/mol. The van der Waals surface area contributed by atoms with Gasteiger partial charge < -0.3 is 18.9 Å². The molecule has 8 aromatic carbocycles. The van der Waals surface area contributed by atoms with Gasteiger partial charge in [-0.05, 0) is 157 Å². The first-order valence-corrected chi connectivity index (χ1v) is 26.2. The Kier molecular flexibility index (Phi) is 12.2. The van der Waals surface area contributed by atoms with Crippen LogP contribution in [0.5, 0.6) is 40.2 Å². The maximum Gasteiger partial charge on any atom is 0.266 e. The standard InChI is InChI=1S/C66H50N4O12/c1-35-12-9-17-41(26-35)80-42-19-23-46-50(30-42)62(76)68(58(46)72)37-14-11-16-39(28-37)70-60(74)48-25-21-44(32-52(48)64(70)78)82-56-34-53(65(2,3)4)55(33-54(56)66(5,6)7)81-43-20-24-47-51(31-43)63(77)69(59(47)73)38-15-10-13-36(27-38)67-57(71)45-22-18-40(79-8)29-49(45)61(67)75/h9-34H,1-8H3. The molecule has 0 saturated carbocycles. The predicted molar refractivity (Wildman–Crippen MR) is 305 cm³/mol. The van der Waals surface area contributed by atoms with Crippen LogP contribution in [0.1, 0.15) is 141 Å². The van der Waals surface area contributed by atoms with Crippen molar-refractivity contribution in [1.82, 2.24) is 0 Å². The van der Waals surface area contributed by atoms with Gasteiger partial charge in [0.1, 0.15) is 40.2 Å². The van der Waals surface area contributed by atoms with E-state index >= 15 is 0 Å². The highest BCUT2D eigenvalue weighted by atomic mass is 16.5. The molecule has 0 saturated heterocycles. The minimum absolute atomic E-state index is 0.0862. The van der Waals surface area contributed by atoms with E-state index < -0.39 is 58.1 Å². The van der Waals surface area contributed by atoms with Crippen LogP contribution in [-0.4, -0.2) is 54.4 Å². The molecule has 82 heavy (non-hydrogen) atoms. The number of methoxy groups -OCH3 is 1. The molecule has 0 radical (unpaired) electrons. The van der Waals surface area contributed by atoms with Gasteiger partial charge >= 0.3 is 0 Å². The summed E-state index contributed by atoms with van der Waals surface area (Å²) >= 11 is 0. The van der Waals surface area contributed by atoms with E-state index in [0.29, 0.717) is 28.7 Å². The molecule has 4 heterocycles. The first kappa shape index (κ1) is 52.2. The van der Waals surface area contributed by atoms with Crippen LogP contribution in [0.4, 0.5) is 22.7 Å². The van der Waals surface area contributed by atoms with Crippen molar-refractivity contribution in [2.45, 2.75) is 59.3 Å². The Balaban J connectivity index is 0.786. The zero-order valence-corrected chi connectivity index (χ0v) is 45.7. The predicted octanol–water partition coefficient (Wildman–Crippen LogP) is 13.2. The number of nitrogens with zero attached hydrogens (tertiary/aromatic N) is 4. The largest absolute Gasteiger partial charge is 0.497 e. The number of hydrogen-bond donors (Lipinski definition) is 0.